The van der Waals surface area contributed by atoms with Crippen molar-refractivity contribution >= 4 is 27.4 Å². The lowest BCUT2D eigenvalue weighted by atomic mass is 9.93. The Bertz CT molecular complexity index is 696. The van der Waals surface area contributed by atoms with Gasteiger partial charge in [-0.1, -0.05) is 6.92 Å². The molecule has 0 N–H and O–H groups in total. The monoisotopic (exact) mass is 333 g/mol. The van der Waals surface area contributed by atoms with Crippen LogP contribution in [0.4, 0.5) is 5.82 Å². The van der Waals surface area contributed by atoms with Crippen molar-refractivity contribution in [1.82, 2.24) is 9.97 Å². The van der Waals surface area contributed by atoms with Gasteiger partial charge < -0.3 is 14.4 Å². The topological polar surface area (TPSA) is 47.5 Å². The molecule has 4 heterocycles. The number of nitrogens with zero attached hydrogens (tertiary/aromatic N) is 3. The Balaban J connectivity index is 1.72. The summed E-state index contributed by atoms with van der Waals surface area (Å²) in [6.45, 7) is 7.51. The van der Waals surface area contributed by atoms with Gasteiger partial charge in [-0.2, -0.15) is 0 Å². The highest BCUT2D eigenvalue weighted by molar-refractivity contribution is 7.16. The molecule has 0 saturated carbocycles. The molecule has 0 bridgehead atoms. The highest BCUT2D eigenvalue weighted by atomic mass is 32.1. The van der Waals surface area contributed by atoms with Crippen LogP contribution in [0.1, 0.15) is 32.5 Å². The average Bonchev–Trinajstić information content (AvgIpc) is 3.02. The number of aryl methyl sites for hydroxylation is 1. The third-order valence-electron chi connectivity index (χ3n) is 4.66. The van der Waals surface area contributed by atoms with Gasteiger partial charge >= 0.3 is 0 Å². The molecule has 4 rings (SSSR count). The summed E-state index contributed by atoms with van der Waals surface area (Å²) in [6, 6.07) is 2.14. The molecule has 2 aliphatic rings. The molecule has 1 spiro atoms. The van der Waals surface area contributed by atoms with Gasteiger partial charge in [0.1, 0.15) is 22.1 Å². The number of rotatable bonds is 2. The summed E-state index contributed by atoms with van der Waals surface area (Å²) in [7, 11) is 0. The van der Waals surface area contributed by atoms with E-state index in [0.717, 1.165) is 60.8 Å². The molecule has 23 heavy (non-hydrogen) atoms. The number of aromatic nitrogens is 2. The van der Waals surface area contributed by atoms with Crippen LogP contribution in [0.2, 0.25) is 0 Å². The first-order valence-electron chi connectivity index (χ1n) is 8.44. The van der Waals surface area contributed by atoms with E-state index < -0.39 is 0 Å². The van der Waals surface area contributed by atoms with Crippen molar-refractivity contribution in [3.63, 3.8) is 0 Å². The summed E-state index contributed by atoms with van der Waals surface area (Å²) in [4.78, 5) is 13.0. The van der Waals surface area contributed by atoms with Crippen molar-refractivity contribution in [2.45, 2.75) is 44.8 Å². The summed E-state index contributed by atoms with van der Waals surface area (Å²) in [5, 5.41) is 3.26. The lowest BCUT2D eigenvalue weighted by molar-refractivity contribution is -0.160. The quantitative estimate of drug-likeness (QED) is 0.845. The largest absolute Gasteiger partial charge is 0.378 e. The molecule has 2 aliphatic heterocycles. The highest BCUT2D eigenvalue weighted by Crippen LogP contribution is 2.35. The number of hydrogen-bond acceptors (Lipinski definition) is 6. The van der Waals surface area contributed by atoms with E-state index in [1.54, 1.807) is 11.3 Å². The number of ether oxygens (including phenoxy) is 2. The van der Waals surface area contributed by atoms with Crippen LogP contribution in [0.25, 0.3) is 10.2 Å². The number of anilines is 1. The van der Waals surface area contributed by atoms with Gasteiger partial charge in [0.05, 0.1) is 24.6 Å². The Morgan fingerprint density at radius 2 is 2.35 bits per heavy atom. The molecule has 2 saturated heterocycles. The predicted octanol–water partition coefficient (Wildman–Crippen LogP) is 3.03. The summed E-state index contributed by atoms with van der Waals surface area (Å²) in [6.07, 6.45) is 3.17. The number of morpholine rings is 1. The molecule has 124 valence electrons. The average molecular weight is 333 g/mol. The predicted molar refractivity (Wildman–Crippen MR) is 92.3 cm³/mol. The van der Waals surface area contributed by atoms with Gasteiger partial charge in [-0.05, 0) is 31.2 Å². The van der Waals surface area contributed by atoms with Crippen molar-refractivity contribution in [2.75, 3.05) is 31.2 Å². The molecular formula is C17H23N3O2S. The Hall–Kier alpha value is -1.24. The first-order valence-corrected chi connectivity index (χ1v) is 9.32. The molecule has 0 aromatic carbocycles. The summed E-state index contributed by atoms with van der Waals surface area (Å²) in [5.74, 6) is 1.98. The van der Waals surface area contributed by atoms with Crippen molar-refractivity contribution < 1.29 is 9.47 Å². The van der Waals surface area contributed by atoms with Crippen LogP contribution in [-0.4, -0.2) is 48.0 Å². The Morgan fingerprint density at radius 1 is 1.43 bits per heavy atom. The number of thiophene rings is 1. The number of hydrogen-bond donors (Lipinski definition) is 0. The SMILES string of the molecule is CCc1nc(N2C[C@H](C)O[C@@]3(CCCOC3)C2)c2ccsc2n1. The van der Waals surface area contributed by atoms with Gasteiger partial charge in [0.2, 0.25) is 0 Å². The van der Waals surface area contributed by atoms with E-state index >= 15 is 0 Å². The van der Waals surface area contributed by atoms with E-state index in [4.69, 9.17) is 14.5 Å². The summed E-state index contributed by atoms with van der Waals surface area (Å²) >= 11 is 1.69. The fourth-order valence-corrected chi connectivity index (χ4v) is 4.49. The second-order valence-corrected chi connectivity index (χ2v) is 7.50. The molecule has 2 aromatic heterocycles. The van der Waals surface area contributed by atoms with E-state index in [0.29, 0.717) is 6.61 Å². The minimum atomic E-state index is -0.185. The Kier molecular flexibility index (Phi) is 3.99. The molecule has 0 radical (unpaired) electrons. The maximum Gasteiger partial charge on any atom is 0.141 e. The van der Waals surface area contributed by atoms with Crippen LogP contribution in [0.15, 0.2) is 11.4 Å². The maximum absolute atomic E-state index is 6.31. The van der Waals surface area contributed by atoms with E-state index in [1.165, 1.54) is 0 Å². The number of fused-ring (bicyclic) bond motifs is 1. The van der Waals surface area contributed by atoms with Crippen molar-refractivity contribution in [3.05, 3.63) is 17.3 Å². The first-order chi connectivity index (χ1) is 11.2. The van der Waals surface area contributed by atoms with Crippen molar-refractivity contribution in [2.24, 2.45) is 0 Å². The van der Waals surface area contributed by atoms with Crippen molar-refractivity contribution in [1.29, 1.82) is 0 Å². The molecule has 2 aromatic rings. The molecule has 6 heteroatoms. The summed E-state index contributed by atoms with van der Waals surface area (Å²) < 4.78 is 12.0. The van der Waals surface area contributed by atoms with Crippen LogP contribution in [0, 0.1) is 0 Å². The lowest BCUT2D eigenvalue weighted by Crippen LogP contribution is -2.59. The van der Waals surface area contributed by atoms with E-state index in [9.17, 15) is 0 Å². The van der Waals surface area contributed by atoms with Gasteiger partial charge in [-0.3, -0.25) is 0 Å². The van der Waals surface area contributed by atoms with Crippen LogP contribution in [0.5, 0.6) is 0 Å². The zero-order valence-corrected chi connectivity index (χ0v) is 14.6. The van der Waals surface area contributed by atoms with Crippen molar-refractivity contribution in [3.8, 4) is 0 Å². The first kappa shape index (κ1) is 15.3. The third kappa shape index (κ3) is 2.84. The maximum atomic E-state index is 6.31. The standard InChI is InChI=1S/C17H23N3O2S/c1-3-14-18-15(13-5-8-23-16(13)19-14)20-9-12(2)22-17(10-20)6-4-7-21-11-17/h5,8,12H,3-4,6-7,9-11H2,1-2H3/t12-,17-/m0/s1. The van der Waals surface area contributed by atoms with E-state index in [1.807, 2.05) is 0 Å². The molecular weight excluding hydrogens is 310 g/mol. The van der Waals surface area contributed by atoms with Gasteiger partial charge in [0.15, 0.2) is 0 Å². The second kappa shape index (κ2) is 6.00. The van der Waals surface area contributed by atoms with Gasteiger partial charge in [0, 0.05) is 19.6 Å². The Morgan fingerprint density at radius 3 is 3.13 bits per heavy atom. The third-order valence-corrected chi connectivity index (χ3v) is 5.47. The van der Waals surface area contributed by atoms with Crippen LogP contribution in [-0.2, 0) is 15.9 Å². The van der Waals surface area contributed by atoms with Crippen LogP contribution in [0.3, 0.4) is 0 Å². The molecule has 0 unspecified atom stereocenters. The smallest absolute Gasteiger partial charge is 0.141 e. The Labute approximate surface area is 140 Å². The zero-order valence-electron chi connectivity index (χ0n) is 13.7. The fraction of sp³-hybridized carbons (Fsp3) is 0.647. The molecule has 0 aliphatic carbocycles. The second-order valence-electron chi connectivity index (χ2n) is 6.60. The molecule has 0 amide bonds. The minimum Gasteiger partial charge on any atom is -0.378 e. The van der Waals surface area contributed by atoms with Gasteiger partial charge in [-0.25, -0.2) is 9.97 Å². The molecule has 2 atom stereocenters. The van der Waals surface area contributed by atoms with Crippen LogP contribution < -0.4 is 4.90 Å². The van der Waals surface area contributed by atoms with Gasteiger partial charge in [0.25, 0.3) is 0 Å². The van der Waals surface area contributed by atoms with Crippen LogP contribution >= 0.6 is 11.3 Å². The van der Waals surface area contributed by atoms with E-state index in [-0.39, 0.29) is 11.7 Å². The fourth-order valence-electron chi connectivity index (χ4n) is 3.71. The normalized spacial score (nSPS) is 28.6. The minimum absolute atomic E-state index is 0.180. The molecule has 2 fully saturated rings. The zero-order chi connectivity index (χ0) is 15.9. The van der Waals surface area contributed by atoms with Gasteiger partial charge in [-0.15, -0.1) is 11.3 Å². The van der Waals surface area contributed by atoms with E-state index in [2.05, 4.69) is 35.2 Å². The molecule has 5 nitrogen and oxygen atoms in total. The lowest BCUT2D eigenvalue weighted by Gasteiger charge is -2.47. The highest BCUT2D eigenvalue weighted by Gasteiger charge is 2.42. The summed E-state index contributed by atoms with van der Waals surface area (Å²) in [5.41, 5.74) is -0.185.